The van der Waals surface area contributed by atoms with Crippen LogP contribution in [0.5, 0.6) is 0 Å². The number of aromatic amines is 1. The Morgan fingerprint density at radius 3 is 3.18 bits per heavy atom. The predicted molar refractivity (Wildman–Crippen MR) is 63.7 cm³/mol. The zero-order valence-corrected chi connectivity index (χ0v) is 10.1. The minimum Gasteiger partial charge on any atom is -0.335 e. The average Bonchev–Trinajstić information content (AvgIpc) is 2.94. The highest BCUT2D eigenvalue weighted by Gasteiger charge is 2.30. The number of nitrogens with zero attached hydrogens (tertiary/aromatic N) is 2. The standard InChI is InChI=1S/C12H18N4O/c1-8-3-2-6-16(8)12(17)11-9-7-13-5-4-10(9)14-15-11/h8,13H,2-7H2,1H3,(H,14,15)/t8-/m0/s1. The number of aromatic nitrogens is 2. The van der Waals surface area contributed by atoms with E-state index in [1.165, 1.54) is 0 Å². The number of amides is 1. The quantitative estimate of drug-likeness (QED) is 0.751. The van der Waals surface area contributed by atoms with Crippen LogP contribution in [0.1, 0.15) is 41.5 Å². The summed E-state index contributed by atoms with van der Waals surface area (Å²) in [7, 11) is 0. The first-order chi connectivity index (χ1) is 8.27. The van der Waals surface area contributed by atoms with E-state index in [9.17, 15) is 4.79 Å². The molecule has 3 rings (SSSR count). The molecule has 0 spiro atoms. The van der Waals surface area contributed by atoms with Gasteiger partial charge in [-0.25, -0.2) is 0 Å². The Labute approximate surface area is 101 Å². The lowest BCUT2D eigenvalue weighted by atomic mass is 10.1. The first-order valence-corrected chi connectivity index (χ1v) is 6.35. The van der Waals surface area contributed by atoms with Crippen molar-refractivity contribution >= 4 is 5.91 Å². The van der Waals surface area contributed by atoms with Gasteiger partial charge in [-0.2, -0.15) is 5.10 Å². The van der Waals surface area contributed by atoms with Gasteiger partial charge >= 0.3 is 0 Å². The van der Waals surface area contributed by atoms with Gasteiger partial charge in [-0.05, 0) is 19.8 Å². The maximum atomic E-state index is 12.4. The lowest BCUT2D eigenvalue weighted by Crippen LogP contribution is -2.35. The van der Waals surface area contributed by atoms with Gasteiger partial charge in [-0.3, -0.25) is 9.89 Å². The molecule has 3 heterocycles. The van der Waals surface area contributed by atoms with Crippen molar-refractivity contribution in [2.45, 2.75) is 38.8 Å². The molecule has 1 aromatic heterocycles. The van der Waals surface area contributed by atoms with Crippen molar-refractivity contribution in [3.8, 4) is 0 Å². The fourth-order valence-corrected chi connectivity index (χ4v) is 2.77. The summed E-state index contributed by atoms with van der Waals surface area (Å²) >= 11 is 0. The van der Waals surface area contributed by atoms with Gasteiger partial charge in [0.1, 0.15) is 0 Å². The third-order valence-corrected chi connectivity index (χ3v) is 3.82. The van der Waals surface area contributed by atoms with Gasteiger partial charge < -0.3 is 10.2 Å². The molecule has 0 aliphatic carbocycles. The van der Waals surface area contributed by atoms with Crippen molar-refractivity contribution < 1.29 is 4.79 Å². The van der Waals surface area contributed by atoms with Gasteiger partial charge in [0.2, 0.25) is 0 Å². The van der Waals surface area contributed by atoms with Gasteiger partial charge in [0.25, 0.3) is 5.91 Å². The van der Waals surface area contributed by atoms with Crippen molar-refractivity contribution in [3.63, 3.8) is 0 Å². The molecular formula is C12H18N4O. The summed E-state index contributed by atoms with van der Waals surface area (Å²) in [5.41, 5.74) is 2.82. The number of carbonyl (C=O) groups is 1. The minimum atomic E-state index is 0.0937. The molecule has 0 aromatic carbocycles. The number of hydrogen-bond acceptors (Lipinski definition) is 3. The van der Waals surface area contributed by atoms with Crippen LogP contribution in [0.3, 0.4) is 0 Å². The average molecular weight is 234 g/mol. The van der Waals surface area contributed by atoms with Gasteiger partial charge in [-0.15, -0.1) is 0 Å². The molecule has 0 saturated carbocycles. The third kappa shape index (κ3) is 1.74. The van der Waals surface area contributed by atoms with Crippen LogP contribution in [0, 0.1) is 0 Å². The number of H-pyrrole nitrogens is 1. The summed E-state index contributed by atoms with van der Waals surface area (Å²) in [6.45, 7) is 4.70. The van der Waals surface area contributed by atoms with Crippen molar-refractivity contribution in [2.75, 3.05) is 13.1 Å². The van der Waals surface area contributed by atoms with Gasteiger partial charge in [0.05, 0.1) is 0 Å². The van der Waals surface area contributed by atoms with Crippen molar-refractivity contribution in [1.29, 1.82) is 0 Å². The Bertz CT molecular complexity index is 440. The van der Waals surface area contributed by atoms with E-state index >= 15 is 0 Å². The highest BCUT2D eigenvalue weighted by atomic mass is 16.2. The Morgan fingerprint density at radius 1 is 1.53 bits per heavy atom. The fraction of sp³-hybridized carbons (Fsp3) is 0.667. The second-order valence-electron chi connectivity index (χ2n) is 4.95. The van der Waals surface area contributed by atoms with Crippen LogP contribution in [-0.2, 0) is 13.0 Å². The summed E-state index contributed by atoms with van der Waals surface area (Å²) < 4.78 is 0. The molecule has 1 saturated heterocycles. The monoisotopic (exact) mass is 234 g/mol. The normalized spacial score (nSPS) is 23.8. The van der Waals surface area contributed by atoms with Crippen LogP contribution in [0.25, 0.3) is 0 Å². The Balaban J connectivity index is 1.88. The van der Waals surface area contributed by atoms with E-state index in [0.717, 1.165) is 50.2 Å². The molecule has 2 aliphatic heterocycles. The first-order valence-electron chi connectivity index (χ1n) is 6.35. The molecule has 2 N–H and O–H groups in total. The first kappa shape index (κ1) is 10.8. The Morgan fingerprint density at radius 2 is 2.41 bits per heavy atom. The number of hydrogen-bond donors (Lipinski definition) is 2. The van der Waals surface area contributed by atoms with Gasteiger partial charge in [-0.1, -0.05) is 0 Å². The minimum absolute atomic E-state index is 0.0937. The van der Waals surface area contributed by atoms with E-state index in [0.29, 0.717) is 11.7 Å². The molecular weight excluding hydrogens is 216 g/mol. The van der Waals surface area contributed by atoms with E-state index < -0.39 is 0 Å². The molecule has 1 fully saturated rings. The largest absolute Gasteiger partial charge is 0.335 e. The molecule has 5 nitrogen and oxygen atoms in total. The van der Waals surface area contributed by atoms with Gasteiger partial charge in [0, 0.05) is 43.4 Å². The van der Waals surface area contributed by atoms with Crippen LogP contribution >= 0.6 is 0 Å². The van der Waals surface area contributed by atoms with Crippen LogP contribution in [0.15, 0.2) is 0 Å². The number of carbonyl (C=O) groups excluding carboxylic acids is 1. The van der Waals surface area contributed by atoms with E-state index in [-0.39, 0.29) is 5.91 Å². The Hall–Kier alpha value is -1.36. The number of fused-ring (bicyclic) bond motifs is 1. The lowest BCUT2D eigenvalue weighted by Gasteiger charge is -2.21. The molecule has 1 aromatic rings. The summed E-state index contributed by atoms with van der Waals surface area (Å²) in [6.07, 6.45) is 3.15. The SMILES string of the molecule is C[C@H]1CCCN1C(=O)c1n[nH]c2c1CNCC2. The molecule has 2 aliphatic rings. The summed E-state index contributed by atoms with van der Waals surface area (Å²) in [5.74, 6) is 0.0937. The van der Waals surface area contributed by atoms with Crippen molar-refractivity contribution in [2.24, 2.45) is 0 Å². The summed E-state index contributed by atoms with van der Waals surface area (Å²) in [6, 6.07) is 0.353. The maximum Gasteiger partial charge on any atom is 0.274 e. The van der Waals surface area contributed by atoms with E-state index in [1.54, 1.807) is 0 Å². The predicted octanol–water partition coefficient (Wildman–Crippen LogP) is 0.680. The highest BCUT2D eigenvalue weighted by Crippen LogP contribution is 2.22. The lowest BCUT2D eigenvalue weighted by molar-refractivity contribution is 0.0740. The van der Waals surface area contributed by atoms with E-state index in [1.807, 2.05) is 4.90 Å². The molecule has 0 bridgehead atoms. The number of nitrogens with one attached hydrogen (secondary N) is 2. The smallest absolute Gasteiger partial charge is 0.274 e. The second-order valence-corrected chi connectivity index (χ2v) is 4.95. The van der Waals surface area contributed by atoms with Crippen LogP contribution in [-0.4, -0.2) is 40.1 Å². The second kappa shape index (κ2) is 4.14. The molecule has 5 heteroatoms. The van der Waals surface area contributed by atoms with Crippen molar-refractivity contribution in [1.82, 2.24) is 20.4 Å². The Kier molecular flexibility index (Phi) is 2.63. The zero-order valence-electron chi connectivity index (χ0n) is 10.1. The molecule has 0 unspecified atom stereocenters. The summed E-state index contributed by atoms with van der Waals surface area (Å²) in [4.78, 5) is 14.4. The maximum absolute atomic E-state index is 12.4. The number of likely N-dealkylation sites (tertiary alicyclic amines) is 1. The van der Waals surface area contributed by atoms with Crippen molar-refractivity contribution in [3.05, 3.63) is 17.0 Å². The zero-order chi connectivity index (χ0) is 11.8. The topological polar surface area (TPSA) is 61.0 Å². The van der Waals surface area contributed by atoms with Crippen LogP contribution in [0.4, 0.5) is 0 Å². The fourth-order valence-electron chi connectivity index (χ4n) is 2.77. The number of rotatable bonds is 1. The van der Waals surface area contributed by atoms with Crippen LogP contribution < -0.4 is 5.32 Å². The molecule has 1 amide bonds. The summed E-state index contributed by atoms with van der Waals surface area (Å²) in [5, 5.41) is 10.5. The molecule has 0 radical (unpaired) electrons. The third-order valence-electron chi connectivity index (χ3n) is 3.82. The van der Waals surface area contributed by atoms with Crippen LogP contribution in [0.2, 0.25) is 0 Å². The molecule has 1 atom stereocenters. The van der Waals surface area contributed by atoms with E-state index in [2.05, 4.69) is 22.4 Å². The van der Waals surface area contributed by atoms with E-state index in [4.69, 9.17) is 0 Å². The molecule has 17 heavy (non-hydrogen) atoms. The highest BCUT2D eigenvalue weighted by molar-refractivity contribution is 5.94. The molecule has 92 valence electrons. The van der Waals surface area contributed by atoms with Gasteiger partial charge in [0.15, 0.2) is 5.69 Å².